The molecule has 0 saturated carbocycles. The molecule has 0 bridgehead atoms. The minimum atomic E-state index is -0.554. The number of rotatable bonds is 5. The van der Waals surface area contributed by atoms with Gasteiger partial charge in [0.15, 0.2) is 0 Å². The number of nitrogens with two attached hydrogens (primary N) is 1. The Kier molecular flexibility index (Phi) is 5.51. The van der Waals surface area contributed by atoms with Crippen LogP contribution in [0.15, 0.2) is 24.3 Å². The van der Waals surface area contributed by atoms with Gasteiger partial charge in [-0.1, -0.05) is 26.8 Å². The molecular formula is C15H23FN2O2. The van der Waals surface area contributed by atoms with E-state index < -0.39 is 6.04 Å². The van der Waals surface area contributed by atoms with Crippen LogP contribution >= 0.6 is 0 Å². The van der Waals surface area contributed by atoms with Gasteiger partial charge in [0.1, 0.15) is 18.2 Å². The monoisotopic (exact) mass is 282 g/mol. The molecular weight excluding hydrogens is 259 g/mol. The van der Waals surface area contributed by atoms with Crippen molar-refractivity contribution >= 4 is 5.91 Å². The minimum absolute atomic E-state index is 0.125. The van der Waals surface area contributed by atoms with Crippen molar-refractivity contribution in [2.75, 3.05) is 20.2 Å². The van der Waals surface area contributed by atoms with Crippen LogP contribution in [0.5, 0.6) is 5.75 Å². The van der Waals surface area contributed by atoms with E-state index >= 15 is 0 Å². The highest BCUT2D eigenvalue weighted by molar-refractivity contribution is 5.82. The molecule has 20 heavy (non-hydrogen) atoms. The first-order valence-electron chi connectivity index (χ1n) is 6.61. The Labute approximate surface area is 119 Å². The van der Waals surface area contributed by atoms with Gasteiger partial charge in [-0.2, -0.15) is 0 Å². The number of likely N-dealkylation sites (N-methyl/N-ethyl adjacent to an activating group) is 1. The van der Waals surface area contributed by atoms with E-state index in [2.05, 4.69) is 0 Å². The smallest absolute Gasteiger partial charge is 0.239 e. The molecule has 0 fully saturated rings. The Morgan fingerprint density at radius 2 is 2.10 bits per heavy atom. The van der Waals surface area contributed by atoms with Gasteiger partial charge in [-0.05, 0) is 17.5 Å². The van der Waals surface area contributed by atoms with E-state index in [1.165, 1.54) is 17.0 Å². The number of benzene rings is 1. The number of carbonyl (C=O) groups is 1. The molecule has 0 heterocycles. The quantitative estimate of drug-likeness (QED) is 0.899. The molecule has 0 radical (unpaired) electrons. The Hall–Kier alpha value is -1.62. The van der Waals surface area contributed by atoms with Crippen molar-refractivity contribution in [3.8, 4) is 5.75 Å². The SMILES string of the molecule is CN(CCOc1cccc(F)c1)C(=O)[C@@H](N)C(C)(C)C. The van der Waals surface area contributed by atoms with Gasteiger partial charge < -0.3 is 15.4 Å². The first-order valence-corrected chi connectivity index (χ1v) is 6.61. The Morgan fingerprint density at radius 3 is 2.65 bits per heavy atom. The fourth-order valence-corrected chi connectivity index (χ4v) is 1.58. The first-order chi connectivity index (χ1) is 9.21. The van der Waals surface area contributed by atoms with Crippen LogP contribution in [0.25, 0.3) is 0 Å². The van der Waals surface area contributed by atoms with Gasteiger partial charge >= 0.3 is 0 Å². The van der Waals surface area contributed by atoms with Gasteiger partial charge in [0.25, 0.3) is 0 Å². The lowest BCUT2D eigenvalue weighted by molar-refractivity contribution is -0.133. The number of ether oxygens (including phenoxy) is 1. The number of hydrogen-bond acceptors (Lipinski definition) is 3. The zero-order valence-electron chi connectivity index (χ0n) is 12.5. The molecule has 0 unspecified atom stereocenters. The van der Waals surface area contributed by atoms with Crippen molar-refractivity contribution in [2.24, 2.45) is 11.1 Å². The molecule has 0 saturated heterocycles. The predicted molar refractivity (Wildman–Crippen MR) is 77.0 cm³/mol. The van der Waals surface area contributed by atoms with E-state index in [4.69, 9.17) is 10.5 Å². The highest BCUT2D eigenvalue weighted by Crippen LogP contribution is 2.18. The number of amides is 1. The van der Waals surface area contributed by atoms with Crippen LogP contribution in [0.1, 0.15) is 20.8 Å². The van der Waals surface area contributed by atoms with Crippen LogP contribution in [-0.2, 0) is 4.79 Å². The molecule has 0 aliphatic carbocycles. The summed E-state index contributed by atoms with van der Waals surface area (Å²) < 4.78 is 18.4. The van der Waals surface area contributed by atoms with Crippen LogP contribution in [0.4, 0.5) is 4.39 Å². The maximum Gasteiger partial charge on any atom is 0.239 e. The average molecular weight is 282 g/mol. The number of halogens is 1. The third kappa shape index (κ3) is 4.81. The lowest BCUT2D eigenvalue weighted by atomic mass is 9.86. The molecule has 1 aromatic rings. The second-order valence-corrected chi connectivity index (χ2v) is 5.91. The first kappa shape index (κ1) is 16.4. The second kappa shape index (κ2) is 6.70. The van der Waals surface area contributed by atoms with Gasteiger partial charge in [0.05, 0.1) is 12.6 Å². The topological polar surface area (TPSA) is 55.6 Å². The third-order valence-corrected chi connectivity index (χ3v) is 3.07. The highest BCUT2D eigenvalue weighted by Gasteiger charge is 2.29. The zero-order valence-corrected chi connectivity index (χ0v) is 12.5. The maximum absolute atomic E-state index is 13.0. The normalized spacial score (nSPS) is 12.9. The van der Waals surface area contributed by atoms with E-state index in [0.29, 0.717) is 18.9 Å². The second-order valence-electron chi connectivity index (χ2n) is 5.91. The predicted octanol–water partition coefficient (Wildman–Crippen LogP) is 2.04. The molecule has 1 amide bonds. The molecule has 1 aromatic carbocycles. The van der Waals surface area contributed by atoms with Crippen LogP contribution in [0.2, 0.25) is 0 Å². The molecule has 0 aromatic heterocycles. The standard InChI is InChI=1S/C15H23FN2O2/c1-15(2,3)13(17)14(19)18(4)8-9-20-12-7-5-6-11(16)10-12/h5-7,10,13H,8-9,17H2,1-4H3/t13-/m1/s1. The Balaban J connectivity index is 2.44. The molecule has 0 aliphatic rings. The van der Waals surface area contributed by atoms with E-state index in [0.717, 1.165) is 0 Å². The van der Waals surface area contributed by atoms with Gasteiger partial charge in [-0.25, -0.2) is 4.39 Å². The summed E-state index contributed by atoms with van der Waals surface area (Å²) in [7, 11) is 1.68. The van der Waals surface area contributed by atoms with Gasteiger partial charge in [-0.15, -0.1) is 0 Å². The molecule has 1 atom stereocenters. The largest absolute Gasteiger partial charge is 0.492 e. The molecule has 1 rings (SSSR count). The van der Waals surface area contributed by atoms with E-state index in [9.17, 15) is 9.18 Å². The number of nitrogens with zero attached hydrogens (tertiary/aromatic N) is 1. The summed E-state index contributed by atoms with van der Waals surface area (Å²) in [6.45, 7) is 6.47. The third-order valence-electron chi connectivity index (χ3n) is 3.07. The van der Waals surface area contributed by atoms with Crippen LogP contribution in [0, 0.1) is 11.2 Å². The van der Waals surface area contributed by atoms with Gasteiger partial charge in [0, 0.05) is 13.1 Å². The van der Waals surface area contributed by atoms with E-state index in [1.54, 1.807) is 19.2 Å². The maximum atomic E-state index is 13.0. The summed E-state index contributed by atoms with van der Waals surface area (Å²) >= 11 is 0. The summed E-state index contributed by atoms with van der Waals surface area (Å²) in [6.07, 6.45) is 0. The number of carbonyl (C=O) groups excluding carboxylic acids is 1. The van der Waals surface area contributed by atoms with Crippen molar-refractivity contribution in [1.82, 2.24) is 4.90 Å². The van der Waals surface area contributed by atoms with Crippen LogP contribution in [-0.4, -0.2) is 37.0 Å². The van der Waals surface area contributed by atoms with Crippen molar-refractivity contribution in [3.63, 3.8) is 0 Å². The van der Waals surface area contributed by atoms with Gasteiger partial charge in [0.2, 0.25) is 5.91 Å². The Bertz CT molecular complexity index is 457. The van der Waals surface area contributed by atoms with Gasteiger partial charge in [-0.3, -0.25) is 4.79 Å². The highest BCUT2D eigenvalue weighted by atomic mass is 19.1. The molecule has 4 nitrogen and oxygen atoms in total. The summed E-state index contributed by atoms with van der Waals surface area (Å²) in [5.41, 5.74) is 5.63. The van der Waals surface area contributed by atoms with E-state index in [-0.39, 0.29) is 17.1 Å². The summed E-state index contributed by atoms with van der Waals surface area (Å²) in [6, 6.07) is 5.36. The molecule has 0 spiro atoms. The molecule has 112 valence electrons. The fourth-order valence-electron chi connectivity index (χ4n) is 1.58. The Morgan fingerprint density at radius 1 is 1.45 bits per heavy atom. The molecule has 5 heteroatoms. The van der Waals surface area contributed by atoms with Crippen molar-refractivity contribution in [1.29, 1.82) is 0 Å². The fraction of sp³-hybridized carbons (Fsp3) is 0.533. The van der Waals surface area contributed by atoms with Crippen molar-refractivity contribution in [2.45, 2.75) is 26.8 Å². The average Bonchev–Trinajstić information content (AvgIpc) is 2.35. The molecule has 2 N–H and O–H groups in total. The van der Waals surface area contributed by atoms with Crippen molar-refractivity contribution < 1.29 is 13.9 Å². The number of hydrogen-bond donors (Lipinski definition) is 1. The summed E-state index contributed by atoms with van der Waals surface area (Å²) in [4.78, 5) is 13.6. The minimum Gasteiger partial charge on any atom is -0.492 e. The summed E-state index contributed by atoms with van der Waals surface area (Å²) in [5.74, 6) is -0.0204. The zero-order chi connectivity index (χ0) is 15.3. The molecule has 0 aliphatic heterocycles. The van der Waals surface area contributed by atoms with Crippen LogP contribution in [0.3, 0.4) is 0 Å². The van der Waals surface area contributed by atoms with E-state index in [1.807, 2.05) is 20.8 Å². The lowest BCUT2D eigenvalue weighted by Crippen LogP contribution is -2.49. The lowest BCUT2D eigenvalue weighted by Gasteiger charge is -2.29. The summed E-state index contributed by atoms with van der Waals surface area (Å²) in [5, 5.41) is 0. The van der Waals surface area contributed by atoms with Crippen LogP contribution < -0.4 is 10.5 Å². The van der Waals surface area contributed by atoms with Crippen molar-refractivity contribution in [3.05, 3.63) is 30.1 Å².